The molecule has 0 aromatic heterocycles. The van der Waals surface area contributed by atoms with Gasteiger partial charge in [0.1, 0.15) is 17.9 Å². The summed E-state index contributed by atoms with van der Waals surface area (Å²) < 4.78 is 10.9. The number of hydrogen-bond donors (Lipinski definition) is 0. The molecule has 23 heavy (non-hydrogen) atoms. The minimum Gasteiger partial charge on any atom is -0.497 e. The Morgan fingerprint density at radius 2 is 1.65 bits per heavy atom. The van der Waals surface area contributed by atoms with Crippen LogP contribution in [0.1, 0.15) is 30.2 Å². The Morgan fingerprint density at radius 3 is 2.26 bits per heavy atom. The fourth-order valence-corrected chi connectivity index (χ4v) is 3.05. The smallest absolute Gasteiger partial charge is 0.328 e. The average molecular weight is 311 g/mol. The second kappa shape index (κ2) is 6.42. The van der Waals surface area contributed by atoms with Crippen molar-refractivity contribution >= 4 is 5.97 Å². The SMILES string of the molecule is COc1ccc(C2C(=O)O[C@H](c3ccccc3)[C@H](C)N2C)cc1. The Hall–Kier alpha value is -2.33. The zero-order valence-electron chi connectivity index (χ0n) is 13.6. The molecule has 3 rings (SSSR count). The quantitative estimate of drug-likeness (QED) is 0.815. The molecule has 3 atom stereocenters. The van der Waals surface area contributed by atoms with E-state index < -0.39 is 6.04 Å². The zero-order chi connectivity index (χ0) is 16.4. The van der Waals surface area contributed by atoms with E-state index in [0.29, 0.717) is 0 Å². The molecule has 0 saturated carbocycles. The lowest BCUT2D eigenvalue weighted by Crippen LogP contribution is -2.47. The largest absolute Gasteiger partial charge is 0.497 e. The van der Waals surface area contributed by atoms with E-state index in [1.807, 2.05) is 61.6 Å². The van der Waals surface area contributed by atoms with Gasteiger partial charge in [0.05, 0.1) is 7.11 Å². The van der Waals surface area contributed by atoms with Gasteiger partial charge in [0.15, 0.2) is 0 Å². The third-order valence-corrected chi connectivity index (χ3v) is 4.51. The number of carbonyl (C=O) groups excluding carboxylic acids is 1. The molecule has 0 spiro atoms. The van der Waals surface area contributed by atoms with Gasteiger partial charge >= 0.3 is 5.97 Å². The molecule has 2 aromatic rings. The average Bonchev–Trinajstić information content (AvgIpc) is 2.59. The molecule has 2 aromatic carbocycles. The number of benzene rings is 2. The first-order chi connectivity index (χ1) is 11.1. The molecule has 1 fully saturated rings. The van der Waals surface area contributed by atoms with Gasteiger partial charge in [-0.2, -0.15) is 0 Å². The van der Waals surface area contributed by atoms with E-state index in [9.17, 15) is 4.79 Å². The molecule has 1 saturated heterocycles. The normalized spacial score (nSPS) is 25.0. The summed E-state index contributed by atoms with van der Waals surface area (Å²) in [5, 5.41) is 0. The van der Waals surface area contributed by atoms with Crippen molar-refractivity contribution in [3.05, 3.63) is 65.7 Å². The van der Waals surface area contributed by atoms with Crippen molar-refractivity contribution < 1.29 is 14.3 Å². The van der Waals surface area contributed by atoms with Crippen LogP contribution in [-0.2, 0) is 9.53 Å². The van der Waals surface area contributed by atoms with Crippen LogP contribution in [0, 0.1) is 0 Å². The van der Waals surface area contributed by atoms with Crippen LogP contribution in [0.5, 0.6) is 5.75 Å². The van der Waals surface area contributed by atoms with Crippen LogP contribution in [0.4, 0.5) is 0 Å². The number of likely N-dealkylation sites (N-methyl/N-ethyl adjacent to an activating group) is 1. The molecular weight excluding hydrogens is 290 g/mol. The van der Waals surface area contributed by atoms with Gasteiger partial charge in [-0.15, -0.1) is 0 Å². The van der Waals surface area contributed by atoms with E-state index in [-0.39, 0.29) is 18.1 Å². The van der Waals surface area contributed by atoms with Gasteiger partial charge in [-0.1, -0.05) is 42.5 Å². The fraction of sp³-hybridized carbons (Fsp3) is 0.316. The first-order valence-electron chi connectivity index (χ1n) is 7.73. The van der Waals surface area contributed by atoms with Gasteiger partial charge in [-0.05, 0) is 37.2 Å². The number of rotatable bonds is 3. The highest BCUT2D eigenvalue weighted by Gasteiger charge is 2.41. The summed E-state index contributed by atoms with van der Waals surface area (Å²) in [5.74, 6) is 0.556. The second-order valence-electron chi connectivity index (χ2n) is 5.85. The molecule has 0 radical (unpaired) electrons. The van der Waals surface area contributed by atoms with Gasteiger partial charge in [-0.25, -0.2) is 4.79 Å². The first kappa shape index (κ1) is 15.6. The van der Waals surface area contributed by atoms with Crippen LogP contribution < -0.4 is 4.74 Å². The first-order valence-corrected chi connectivity index (χ1v) is 7.73. The van der Waals surface area contributed by atoms with Crippen LogP contribution >= 0.6 is 0 Å². The number of methoxy groups -OCH3 is 1. The predicted molar refractivity (Wildman–Crippen MR) is 88.2 cm³/mol. The molecule has 1 heterocycles. The van der Waals surface area contributed by atoms with Crippen molar-refractivity contribution in [2.45, 2.75) is 25.1 Å². The fourth-order valence-electron chi connectivity index (χ4n) is 3.05. The molecule has 1 unspecified atom stereocenters. The summed E-state index contributed by atoms with van der Waals surface area (Å²) >= 11 is 0. The maximum atomic E-state index is 12.6. The van der Waals surface area contributed by atoms with Crippen molar-refractivity contribution in [3.63, 3.8) is 0 Å². The molecule has 120 valence electrons. The highest BCUT2D eigenvalue weighted by molar-refractivity contribution is 5.79. The monoisotopic (exact) mass is 311 g/mol. The second-order valence-corrected chi connectivity index (χ2v) is 5.85. The maximum absolute atomic E-state index is 12.6. The molecule has 4 heteroatoms. The van der Waals surface area contributed by atoms with Crippen LogP contribution in [0.15, 0.2) is 54.6 Å². The highest BCUT2D eigenvalue weighted by atomic mass is 16.6. The van der Waals surface area contributed by atoms with E-state index in [4.69, 9.17) is 9.47 Å². The van der Waals surface area contributed by atoms with E-state index in [1.54, 1.807) is 7.11 Å². The van der Waals surface area contributed by atoms with Crippen LogP contribution in [0.25, 0.3) is 0 Å². The summed E-state index contributed by atoms with van der Waals surface area (Å²) in [7, 11) is 3.60. The van der Waals surface area contributed by atoms with Gasteiger partial charge in [0.25, 0.3) is 0 Å². The Kier molecular flexibility index (Phi) is 4.35. The number of ether oxygens (including phenoxy) is 2. The summed E-state index contributed by atoms with van der Waals surface area (Å²) in [6, 6.07) is 17.1. The molecule has 0 aliphatic carbocycles. The summed E-state index contributed by atoms with van der Waals surface area (Å²) in [6.07, 6.45) is -0.247. The molecule has 1 aliphatic rings. The van der Waals surface area contributed by atoms with Crippen LogP contribution in [-0.4, -0.2) is 31.1 Å². The summed E-state index contributed by atoms with van der Waals surface area (Å²) in [4.78, 5) is 14.7. The Balaban J connectivity index is 1.86. The van der Waals surface area contributed by atoms with Crippen molar-refractivity contribution in [1.29, 1.82) is 0 Å². The minimum absolute atomic E-state index is 0.0854. The summed E-state index contributed by atoms with van der Waals surface area (Å²) in [5.41, 5.74) is 1.94. The molecule has 0 bridgehead atoms. The lowest BCUT2D eigenvalue weighted by molar-refractivity contribution is -0.172. The van der Waals surface area contributed by atoms with E-state index in [1.165, 1.54) is 0 Å². The van der Waals surface area contributed by atoms with Crippen LogP contribution in [0.3, 0.4) is 0 Å². The molecular formula is C19H21NO3. The number of hydrogen-bond acceptors (Lipinski definition) is 4. The van der Waals surface area contributed by atoms with E-state index in [2.05, 4.69) is 11.8 Å². The number of morpholine rings is 1. The Bertz CT molecular complexity index is 669. The van der Waals surface area contributed by atoms with Crippen LogP contribution in [0.2, 0.25) is 0 Å². The van der Waals surface area contributed by atoms with E-state index in [0.717, 1.165) is 16.9 Å². The number of esters is 1. The van der Waals surface area contributed by atoms with Crippen molar-refractivity contribution in [2.24, 2.45) is 0 Å². The Labute approximate surface area is 136 Å². The minimum atomic E-state index is -0.393. The third-order valence-electron chi connectivity index (χ3n) is 4.51. The number of nitrogens with zero attached hydrogens (tertiary/aromatic N) is 1. The predicted octanol–water partition coefficient (Wildman–Crippen LogP) is 3.35. The summed E-state index contributed by atoms with van der Waals surface area (Å²) in [6.45, 7) is 2.08. The third kappa shape index (κ3) is 2.94. The highest BCUT2D eigenvalue weighted by Crippen LogP contribution is 2.37. The van der Waals surface area contributed by atoms with Crippen molar-refractivity contribution in [1.82, 2.24) is 4.90 Å². The molecule has 0 amide bonds. The molecule has 1 aliphatic heterocycles. The van der Waals surface area contributed by atoms with Gasteiger partial charge < -0.3 is 9.47 Å². The maximum Gasteiger partial charge on any atom is 0.328 e. The van der Waals surface area contributed by atoms with Crippen molar-refractivity contribution in [2.75, 3.05) is 14.2 Å². The van der Waals surface area contributed by atoms with E-state index >= 15 is 0 Å². The molecule has 4 nitrogen and oxygen atoms in total. The lowest BCUT2D eigenvalue weighted by atomic mass is 9.95. The lowest BCUT2D eigenvalue weighted by Gasteiger charge is -2.41. The topological polar surface area (TPSA) is 38.8 Å². The zero-order valence-corrected chi connectivity index (χ0v) is 13.6. The van der Waals surface area contributed by atoms with Crippen molar-refractivity contribution in [3.8, 4) is 5.75 Å². The van der Waals surface area contributed by atoms with Gasteiger partial charge in [0, 0.05) is 6.04 Å². The molecule has 0 N–H and O–H groups in total. The van der Waals surface area contributed by atoms with Gasteiger partial charge in [0.2, 0.25) is 0 Å². The number of carbonyl (C=O) groups is 1. The number of cyclic esters (lactones) is 1. The van der Waals surface area contributed by atoms with Gasteiger partial charge in [-0.3, -0.25) is 4.90 Å². The Morgan fingerprint density at radius 1 is 1.00 bits per heavy atom. The standard InChI is InChI=1S/C19H21NO3/c1-13-18(15-7-5-4-6-8-15)23-19(21)17(20(13)2)14-9-11-16(22-3)12-10-14/h4-13,17-18H,1-3H3/t13-,17?,18-/m0/s1.